The quantitative estimate of drug-likeness (QED) is 0.653. The van der Waals surface area contributed by atoms with Crippen LogP contribution in [0.2, 0.25) is 0 Å². The first-order chi connectivity index (χ1) is 9.06. The molecule has 1 aliphatic rings. The van der Waals surface area contributed by atoms with Gasteiger partial charge < -0.3 is 14.7 Å². The topological polar surface area (TPSA) is 49.8 Å². The highest BCUT2D eigenvalue weighted by Gasteiger charge is 2.38. The number of carbonyl (C=O) groups excluding carboxylic acids is 1. The number of benzene rings is 1. The van der Waals surface area contributed by atoms with E-state index in [1.165, 1.54) is 6.26 Å². The van der Waals surface area contributed by atoms with Gasteiger partial charge in [0.2, 0.25) is 0 Å². The molecule has 102 valence electrons. The maximum atomic E-state index is 11.9. The number of carbonyl (C=O) groups is 1. The Kier molecular flexibility index (Phi) is 3.79. The van der Waals surface area contributed by atoms with Crippen LogP contribution >= 0.6 is 0 Å². The van der Waals surface area contributed by atoms with Gasteiger partial charge in [-0.25, -0.2) is 0 Å². The number of rotatable bonds is 5. The monoisotopic (exact) mass is 261 g/mol. The summed E-state index contributed by atoms with van der Waals surface area (Å²) in [5.74, 6) is 0.124. The Hall–Kier alpha value is -1.97. The van der Waals surface area contributed by atoms with Crippen LogP contribution in [0, 0.1) is 0 Å². The molecule has 0 fully saturated rings. The first-order valence-electron chi connectivity index (χ1n) is 6.38. The fourth-order valence-electron chi connectivity index (χ4n) is 2.83. The molecule has 4 nitrogen and oxygen atoms in total. The van der Waals surface area contributed by atoms with Crippen LogP contribution in [0.25, 0.3) is 0 Å². The maximum absolute atomic E-state index is 11.9. The van der Waals surface area contributed by atoms with Gasteiger partial charge in [0.05, 0.1) is 18.7 Å². The van der Waals surface area contributed by atoms with Gasteiger partial charge in [0, 0.05) is 11.7 Å². The molecule has 0 bridgehead atoms. The van der Waals surface area contributed by atoms with Crippen LogP contribution < -0.4 is 4.90 Å². The minimum atomic E-state index is -0.189. The predicted octanol–water partition coefficient (Wildman–Crippen LogP) is 2.43. The number of Topliss-reactive ketones (excluding diaryl/α,β-unsaturated/α-hetero) is 1. The molecule has 4 heteroatoms. The zero-order valence-electron chi connectivity index (χ0n) is 11.3. The number of hydrogen-bond donors (Lipinski definition) is 1. The molecular weight excluding hydrogens is 242 g/mol. The van der Waals surface area contributed by atoms with Gasteiger partial charge >= 0.3 is 0 Å². The standard InChI is InChI=1S/C15H19NO3/c1-4-19-8-7-16-10(2)15(11(3)17)13-9-12(18)5-6-14(13)16/h4-6,9-10,15,18H,1,7-8H2,2-3H3/t10-,15+/m1/s1. The third-order valence-electron chi connectivity index (χ3n) is 3.64. The number of nitrogens with zero attached hydrogens (tertiary/aromatic N) is 1. The van der Waals surface area contributed by atoms with Crippen molar-refractivity contribution in [3.63, 3.8) is 0 Å². The molecule has 0 saturated carbocycles. The lowest BCUT2D eigenvalue weighted by molar-refractivity contribution is -0.118. The summed E-state index contributed by atoms with van der Waals surface area (Å²) in [7, 11) is 0. The number of phenols is 1. The SMILES string of the molecule is C=COCCN1c2ccc(O)cc2[C@H](C(C)=O)[C@H]1C. The number of fused-ring (bicyclic) bond motifs is 1. The van der Waals surface area contributed by atoms with E-state index in [0.29, 0.717) is 13.2 Å². The summed E-state index contributed by atoms with van der Waals surface area (Å²) in [6.07, 6.45) is 1.42. The van der Waals surface area contributed by atoms with Crippen molar-refractivity contribution in [1.82, 2.24) is 0 Å². The van der Waals surface area contributed by atoms with Crippen molar-refractivity contribution in [3.05, 3.63) is 36.6 Å². The van der Waals surface area contributed by atoms with Crippen molar-refractivity contribution in [1.29, 1.82) is 0 Å². The van der Waals surface area contributed by atoms with Gasteiger partial charge in [-0.1, -0.05) is 6.58 Å². The molecule has 19 heavy (non-hydrogen) atoms. The van der Waals surface area contributed by atoms with Gasteiger partial charge in [-0.05, 0) is 37.6 Å². The largest absolute Gasteiger partial charge is 0.508 e. The summed E-state index contributed by atoms with van der Waals surface area (Å²) in [5, 5.41) is 9.61. The van der Waals surface area contributed by atoms with Crippen molar-refractivity contribution < 1.29 is 14.6 Å². The number of anilines is 1. The molecule has 0 radical (unpaired) electrons. The molecule has 0 aliphatic carbocycles. The molecular formula is C15H19NO3. The van der Waals surface area contributed by atoms with E-state index in [-0.39, 0.29) is 23.5 Å². The molecule has 1 aromatic rings. The van der Waals surface area contributed by atoms with Crippen molar-refractivity contribution in [2.75, 3.05) is 18.1 Å². The lowest BCUT2D eigenvalue weighted by Gasteiger charge is -2.26. The Morgan fingerprint density at radius 1 is 1.58 bits per heavy atom. The van der Waals surface area contributed by atoms with Crippen LogP contribution in [0.3, 0.4) is 0 Å². The Labute approximate surface area is 113 Å². The number of ketones is 1. The van der Waals surface area contributed by atoms with Gasteiger partial charge in [0.25, 0.3) is 0 Å². The third kappa shape index (κ3) is 2.43. The van der Waals surface area contributed by atoms with E-state index < -0.39 is 0 Å². The molecule has 1 N–H and O–H groups in total. The highest BCUT2D eigenvalue weighted by Crippen LogP contribution is 2.42. The van der Waals surface area contributed by atoms with Gasteiger partial charge in [-0.3, -0.25) is 4.79 Å². The molecule has 0 spiro atoms. The van der Waals surface area contributed by atoms with Crippen molar-refractivity contribution >= 4 is 11.5 Å². The lowest BCUT2D eigenvalue weighted by Crippen LogP contribution is -2.35. The molecule has 2 rings (SSSR count). The number of phenolic OH excluding ortho intramolecular Hbond substituents is 1. The van der Waals surface area contributed by atoms with Crippen LogP contribution in [-0.2, 0) is 9.53 Å². The van der Waals surface area contributed by atoms with Crippen LogP contribution in [0.5, 0.6) is 5.75 Å². The lowest BCUT2D eigenvalue weighted by atomic mass is 9.92. The second kappa shape index (κ2) is 5.34. The summed E-state index contributed by atoms with van der Waals surface area (Å²) in [5.41, 5.74) is 1.90. The van der Waals surface area contributed by atoms with E-state index in [9.17, 15) is 9.90 Å². The highest BCUT2D eigenvalue weighted by atomic mass is 16.5. The molecule has 0 unspecified atom stereocenters. The molecule has 1 aromatic carbocycles. The molecule has 1 heterocycles. The Morgan fingerprint density at radius 2 is 2.32 bits per heavy atom. The highest BCUT2D eigenvalue weighted by molar-refractivity contribution is 5.89. The van der Waals surface area contributed by atoms with Crippen LogP contribution in [-0.4, -0.2) is 30.1 Å². The molecule has 0 amide bonds. The van der Waals surface area contributed by atoms with Gasteiger partial charge in [-0.15, -0.1) is 0 Å². The van der Waals surface area contributed by atoms with Gasteiger partial charge in [0.1, 0.15) is 18.1 Å². The first kappa shape index (κ1) is 13.5. The van der Waals surface area contributed by atoms with Crippen LogP contribution in [0.15, 0.2) is 31.0 Å². The molecule has 0 aromatic heterocycles. The van der Waals surface area contributed by atoms with Gasteiger partial charge in [0.15, 0.2) is 0 Å². The number of hydrogen-bond acceptors (Lipinski definition) is 4. The second-order valence-electron chi connectivity index (χ2n) is 4.80. The Bertz CT molecular complexity index is 498. The van der Waals surface area contributed by atoms with E-state index in [1.54, 1.807) is 19.1 Å². The van der Waals surface area contributed by atoms with E-state index in [2.05, 4.69) is 11.5 Å². The third-order valence-corrected chi connectivity index (χ3v) is 3.64. The molecule has 0 saturated heterocycles. The summed E-state index contributed by atoms with van der Waals surface area (Å²) in [6, 6.07) is 5.27. The van der Waals surface area contributed by atoms with E-state index in [0.717, 1.165) is 11.3 Å². The zero-order chi connectivity index (χ0) is 14.0. The van der Waals surface area contributed by atoms with Crippen molar-refractivity contribution in [2.24, 2.45) is 0 Å². The smallest absolute Gasteiger partial charge is 0.139 e. The first-order valence-corrected chi connectivity index (χ1v) is 6.38. The van der Waals surface area contributed by atoms with Gasteiger partial charge in [-0.2, -0.15) is 0 Å². The Morgan fingerprint density at radius 3 is 2.95 bits per heavy atom. The summed E-state index contributed by atoms with van der Waals surface area (Å²) >= 11 is 0. The predicted molar refractivity (Wildman–Crippen MR) is 74.5 cm³/mol. The normalized spacial score (nSPS) is 21.1. The fourth-order valence-corrected chi connectivity index (χ4v) is 2.83. The molecule has 1 aliphatic heterocycles. The maximum Gasteiger partial charge on any atom is 0.139 e. The van der Waals surface area contributed by atoms with Crippen LogP contribution in [0.4, 0.5) is 5.69 Å². The zero-order valence-corrected chi connectivity index (χ0v) is 11.3. The van der Waals surface area contributed by atoms with Crippen molar-refractivity contribution in [2.45, 2.75) is 25.8 Å². The number of ether oxygens (including phenoxy) is 1. The summed E-state index contributed by atoms with van der Waals surface area (Å²) in [6.45, 7) is 8.35. The van der Waals surface area contributed by atoms with E-state index >= 15 is 0 Å². The fraction of sp³-hybridized carbons (Fsp3) is 0.400. The number of aromatic hydroxyl groups is 1. The minimum Gasteiger partial charge on any atom is -0.508 e. The average Bonchev–Trinajstić information content (AvgIpc) is 2.62. The average molecular weight is 261 g/mol. The van der Waals surface area contributed by atoms with Crippen LogP contribution in [0.1, 0.15) is 25.3 Å². The molecule has 2 atom stereocenters. The van der Waals surface area contributed by atoms with E-state index in [4.69, 9.17) is 4.74 Å². The van der Waals surface area contributed by atoms with E-state index in [1.807, 2.05) is 13.0 Å². The summed E-state index contributed by atoms with van der Waals surface area (Å²) in [4.78, 5) is 14.0. The Balaban J connectivity index is 2.32. The second-order valence-corrected chi connectivity index (χ2v) is 4.80. The summed E-state index contributed by atoms with van der Waals surface area (Å²) < 4.78 is 5.17. The minimum absolute atomic E-state index is 0.0720. The van der Waals surface area contributed by atoms with Crippen molar-refractivity contribution in [3.8, 4) is 5.75 Å².